The molecular weight excluding hydrogens is 212 g/mol. The second-order valence-electron chi connectivity index (χ2n) is 3.71. The Balaban J connectivity index is 2.25. The molecule has 0 amide bonds. The molecule has 7 heteroatoms. The zero-order chi connectivity index (χ0) is 11.3. The number of hydrogen-bond acceptors (Lipinski definition) is 5. The van der Waals surface area contributed by atoms with Crippen LogP contribution in [0.3, 0.4) is 0 Å². The van der Waals surface area contributed by atoms with E-state index >= 15 is 0 Å². The molecule has 0 atom stereocenters. The van der Waals surface area contributed by atoms with Crippen LogP contribution < -0.4 is 4.90 Å². The standard InChI is InChI=1S/C9H10N4O3/c1-2-7-10-8-5(12(7)14)3-4-6-9(8)11-16-13(6)15/h14H,2-4H2,1H3. The summed E-state index contributed by atoms with van der Waals surface area (Å²) in [5, 5.41) is 24.7. The number of hydrogen-bond donors (Lipinski definition) is 1. The number of aryl methyl sites for hydroxylation is 1. The number of imidazole rings is 1. The first-order chi connectivity index (χ1) is 7.72. The van der Waals surface area contributed by atoms with Crippen molar-refractivity contribution in [3.8, 4) is 11.4 Å². The van der Waals surface area contributed by atoms with Crippen LogP contribution >= 0.6 is 0 Å². The molecule has 7 nitrogen and oxygen atoms in total. The van der Waals surface area contributed by atoms with Crippen molar-refractivity contribution in [1.82, 2.24) is 14.9 Å². The van der Waals surface area contributed by atoms with Gasteiger partial charge < -0.3 is 10.4 Å². The van der Waals surface area contributed by atoms with Crippen molar-refractivity contribution in [3.05, 3.63) is 22.4 Å². The van der Waals surface area contributed by atoms with Crippen LogP contribution in [-0.2, 0) is 19.3 Å². The molecule has 0 aliphatic heterocycles. The van der Waals surface area contributed by atoms with Crippen molar-refractivity contribution < 1.29 is 14.7 Å². The molecule has 1 aliphatic carbocycles. The lowest BCUT2D eigenvalue weighted by atomic mass is 10.0. The zero-order valence-electron chi connectivity index (χ0n) is 8.67. The van der Waals surface area contributed by atoms with Gasteiger partial charge in [0.25, 0.3) is 5.69 Å². The summed E-state index contributed by atoms with van der Waals surface area (Å²) in [6.07, 6.45) is 1.69. The van der Waals surface area contributed by atoms with Crippen molar-refractivity contribution in [2.24, 2.45) is 0 Å². The fourth-order valence-electron chi connectivity index (χ4n) is 2.03. The summed E-state index contributed by atoms with van der Waals surface area (Å²) in [5.74, 6) is 0.568. The van der Waals surface area contributed by atoms with Crippen LogP contribution in [0.15, 0.2) is 4.63 Å². The molecule has 0 unspecified atom stereocenters. The SMILES string of the molecule is CCc1nc2c(n1O)CCc1c-2no[n+]1[O-]. The molecule has 84 valence electrons. The van der Waals surface area contributed by atoms with Crippen molar-refractivity contribution in [2.45, 2.75) is 26.2 Å². The molecule has 0 bridgehead atoms. The lowest BCUT2D eigenvalue weighted by molar-refractivity contribution is -0.807. The Morgan fingerprint density at radius 1 is 1.50 bits per heavy atom. The van der Waals surface area contributed by atoms with Crippen LogP contribution in [0.1, 0.15) is 24.1 Å². The highest BCUT2D eigenvalue weighted by molar-refractivity contribution is 5.61. The molecule has 2 heterocycles. The first-order valence-corrected chi connectivity index (χ1v) is 5.11. The van der Waals surface area contributed by atoms with Crippen LogP contribution in [0.25, 0.3) is 11.4 Å². The molecule has 0 spiro atoms. The molecule has 1 N–H and O–H groups in total. The third-order valence-corrected chi connectivity index (χ3v) is 2.85. The second kappa shape index (κ2) is 2.97. The third kappa shape index (κ3) is 0.995. The molecule has 0 aromatic carbocycles. The topological polar surface area (TPSA) is 91.0 Å². The van der Waals surface area contributed by atoms with Gasteiger partial charge in [0.2, 0.25) is 5.69 Å². The molecule has 0 saturated carbocycles. The highest BCUT2D eigenvalue weighted by Crippen LogP contribution is 2.29. The molecule has 3 rings (SSSR count). The lowest BCUT2D eigenvalue weighted by Gasteiger charge is -2.06. The van der Waals surface area contributed by atoms with Gasteiger partial charge in [0.1, 0.15) is 11.5 Å². The molecule has 1 aliphatic rings. The molecule has 0 radical (unpaired) electrons. The van der Waals surface area contributed by atoms with Crippen LogP contribution in [-0.4, -0.2) is 20.1 Å². The average molecular weight is 222 g/mol. The summed E-state index contributed by atoms with van der Waals surface area (Å²) in [6.45, 7) is 1.90. The highest BCUT2D eigenvalue weighted by Gasteiger charge is 2.33. The maximum atomic E-state index is 11.2. The Bertz CT molecular complexity index is 557. The van der Waals surface area contributed by atoms with Gasteiger partial charge in [-0.2, -0.15) is 4.73 Å². The van der Waals surface area contributed by atoms with E-state index in [-0.39, 0.29) is 0 Å². The third-order valence-electron chi connectivity index (χ3n) is 2.85. The molecule has 2 aromatic rings. The average Bonchev–Trinajstić information content (AvgIpc) is 2.81. The summed E-state index contributed by atoms with van der Waals surface area (Å²) < 4.78 is 5.62. The fraction of sp³-hybridized carbons (Fsp3) is 0.444. The minimum atomic E-state index is 0.403. The van der Waals surface area contributed by atoms with Crippen LogP contribution in [0.2, 0.25) is 0 Å². The van der Waals surface area contributed by atoms with Gasteiger partial charge in [0, 0.05) is 24.4 Å². The van der Waals surface area contributed by atoms with E-state index in [0.717, 1.165) is 4.73 Å². The summed E-state index contributed by atoms with van der Waals surface area (Å²) >= 11 is 0. The summed E-state index contributed by atoms with van der Waals surface area (Å²) in [7, 11) is 0. The molecule has 16 heavy (non-hydrogen) atoms. The second-order valence-corrected chi connectivity index (χ2v) is 3.71. The van der Waals surface area contributed by atoms with E-state index in [4.69, 9.17) is 0 Å². The van der Waals surface area contributed by atoms with Crippen LogP contribution in [0.4, 0.5) is 0 Å². The van der Waals surface area contributed by atoms with Gasteiger partial charge in [-0.25, -0.2) is 4.98 Å². The van der Waals surface area contributed by atoms with E-state index in [1.807, 2.05) is 6.92 Å². The normalized spacial score (nSPS) is 13.6. The van der Waals surface area contributed by atoms with Crippen LogP contribution in [0.5, 0.6) is 0 Å². The van der Waals surface area contributed by atoms with Gasteiger partial charge in [0.05, 0.1) is 5.69 Å². The number of fused-ring (bicyclic) bond motifs is 3. The van der Waals surface area contributed by atoms with Crippen molar-refractivity contribution >= 4 is 0 Å². The van der Waals surface area contributed by atoms with Gasteiger partial charge in [-0.1, -0.05) is 6.92 Å². The Hall–Kier alpha value is -2.05. The van der Waals surface area contributed by atoms with Gasteiger partial charge in [-0.15, -0.1) is 0 Å². The van der Waals surface area contributed by atoms with Gasteiger partial charge in [0.15, 0.2) is 0 Å². The zero-order valence-corrected chi connectivity index (χ0v) is 8.67. The van der Waals surface area contributed by atoms with E-state index < -0.39 is 0 Å². The predicted molar refractivity (Wildman–Crippen MR) is 50.7 cm³/mol. The monoisotopic (exact) mass is 222 g/mol. The van der Waals surface area contributed by atoms with Gasteiger partial charge in [-0.05, 0) is 4.90 Å². The van der Waals surface area contributed by atoms with Gasteiger partial charge in [-0.3, -0.25) is 4.63 Å². The predicted octanol–water partition coefficient (Wildman–Crippen LogP) is 0.0698. The van der Waals surface area contributed by atoms with Crippen LogP contribution in [0, 0.1) is 5.21 Å². The minimum Gasteiger partial charge on any atom is -0.427 e. The minimum absolute atomic E-state index is 0.403. The summed E-state index contributed by atoms with van der Waals surface area (Å²) in [5.41, 5.74) is 2.17. The maximum absolute atomic E-state index is 11.2. The summed E-state index contributed by atoms with van der Waals surface area (Å²) in [6, 6.07) is 0. The number of nitrogens with zero attached hydrogens (tertiary/aromatic N) is 4. The first-order valence-electron chi connectivity index (χ1n) is 5.11. The Labute approximate surface area is 90.4 Å². The smallest absolute Gasteiger partial charge is 0.271 e. The first kappa shape index (κ1) is 9.20. The Kier molecular flexibility index (Phi) is 1.71. The van der Waals surface area contributed by atoms with E-state index in [1.165, 1.54) is 0 Å². The van der Waals surface area contributed by atoms with E-state index in [2.05, 4.69) is 14.8 Å². The highest BCUT2D eigenvalue weighted by atomic mass is 16.8. The lowest BCUT2D eigenvalue weighted by Crippen LogP contribution is -2.29. The quantitative estimate of drug-likeness (QED) is 0.544. The van der Waals surface area contributed by atoms with Gasteiger partial charge >= 0.3 is 0 Å². The Morgan fingerprint density at radius 2 is 2.31 bits per heavy atom. The number of rotatable bonds is 1. The molecule has 0 fully saturated rings. The molecular formula is C9H10N4O3. The van der Waals surface area contributed by atoms with E-state index in [0.29, 0.717) is 52.8 Å². The Morgan fingerprint density at radius 3 is 3.06 bits per heavy atom. The molecule has 2 aromatic heterocycles. The fourth-order valence-corrected chi connectivity index (χ4v) is 2.03. The largest absolute Gasteiger partial charge is 0.427 e. The van der Waals surface area contributed by atoms with Crippen molar-refractivity contribution in [2.75, 3.05) is 0 Å². The van der Waals surface area contributed by atoms with E-state index in [9.17, 15) is 10.4 Å². The summed E-state index contributed by atoms with van der Waals surface area (Å²) in [4.78, 5) is 4.66. The van der Waals surface area contributed by atoms with Crippen molar-refractivity contribution in [1.29, 1.82) is 0 Å². The van der Waals surface area contributed by atoms with E-state index in [1.54, 1.807) is 0 Å². The molecule has 0 saturated heterocycles. The number of aromatic nitrogens is 4. The van der Waals surface area contributed by atoms with Crippen molar-refractivity contribution in [3.63, 3.8) is 0 Å². The maximum Gasteiger partial charge on any atom is 0.271 e.